The molecule has 1 aliphatic heterocycles. The van der Waals surface area contributed by atoms with E-state index >= 15 is 0 Å². The summed E-state index contributed by atoms with van der Waals surface area (Å²) in [6.07, 6.45) is 1.14. The minimum absolute atomic E-state index is 0.0760. The van der Waals surface area contributed by atoms with E-state index in [4.69, 9.17) is 22.7 Å². The van der Waals surface area contributed by atoms with E-state index in [1.165, 1.54) is 0 Å². The van der Waals surface area contributed by atoms with Gasteiger partial charge in [-0.3, -0.25) is 0 Å². The summed E-state index contributed by atoms with van der Waals surface area (Å²) < 4.78 is 6.60. The number of anilines is 1. The Hall–Kier alpha value is -0.650. The number of ether oxygens (including phenoxy) is 1. The number of nitrogens with one attached hydrogen (secondary N) is 1. The van der Waals surface area contributed by atoms with E-state index in [2.05, 4.69) is 35.1 Å². The first-order valence-electron chi connectivity index (χ1n) is 5.91. The SMILES string of the molecule is CC1OCCC1(C)Nc1ccc(Br)cc1C(N)=S. The predicted molar refractivity (Wildman–Crippen MR) is 82.1 cm³/mol. The highest BCUT2D eigenvalue weighted by Gasteiger charge is 2.37. The summed E-state index contributed by atoms with van der Waals surface area (Å²) in [6.45, 7) is 5.03. The zero-order valence-electron chi connectivity index (χ0n) is 10.5. The average molecular weight is 329 g/mol. The number of halogens is 1. The normalized spacial score (nSPS) is 27.2. The van der Waals surface area contributed by atoms with E-state index in [1.54, 1.807) is 0 Å². The number of benzene rings is 1. The van der Waals surface area contributed by atoms with Crippen molar-refractivity contribution in [3.8, 4) is 0 Å². The van der Waals surface area contributed by atoms with E-state index in [0.717, 1.165) is 28.8 Å². The van der Waals surface area contributed by atoms with E-state index in [9.17, 15) is 0 Å². The molecule has 0 radical (unpaired) electrons. The van der Waals surface area contributed by atoms with Gasteiger partial charge in [-0.05, 0) is 38.5 Å². The molecule has 1 aromatic carbocycles. The van der Waals surface area contributed by atoms with Crippen LogP contribution in [0.5, 0.6) is 0 Å². The molecule has 2 atom stereocenters. The van der Waals surface area contributed by atoms with Crippen LogP contribution in [0.3, 0.4) is 0 Å². The van der Waals surface area contributed by atoms with Crippen LogP contribution in [0.25, 0.3) is 0 Å². The number of rotatable bonds is 3. The van der Waals surface area contributed by atoms with Crippen molar-refractivity contribution >= 4 is 38.8 Å². The van der Waals surface area contributed by atoms with Gasteiger partial charge in [-0.2, -0.15) is 0 Å². The van der Waals surface area contributed by atoms with E-state index in [0.29, 0.717) is 4.99 Å². The van der Waals surface area contributed by atoms with Gasteiger partial charge in [-0.25, -0.2) is 0 Å². The molecule has 1 aliphatic rings. The van der Waals surface area contributed by atoms with Crippen molar-refractivity contribution in [2.75, 3.05) is 11.9 Å². The lowest BCUT2D eigenvalue weighted by molar-refractivity contribution is 0.105. The van der Waals surface area contributed by atoms with Crippen LogP contribution in [-0.2, 0) is 4.74 Å². The second-order valence-electron chi connectivity index (χ2n) is 4.86. The monoisotopic (exact) mass is 328 g/mol. The molecule has 1 fully saturated rings. The summed E-state index contributed by atoms with van der Waals surface area (Å²) in [5.41, 5.74) is 7.52. The highest BCUT2D eigenvalue weighted by Crippen LogP contribution is 2.31. The smallest absolute Gasteiger partial charge is 0.106 e. The van der Waals surface area contributed by atoms with E-state index < -0.39 is 0 Å². The maximum atomic E-state index is 5.77. The van der Waals surface area contributed by atoms with E-state index in [-0.39, 0.29) is 11.6 Å². The van der Waals surface area contributed by atoms with Gasteiger partial charge in [0.15, 0.2) is 0 Å². The van der Waals surface area contributed by atoms with Gasteiger partial charge in [0.1, 0.15) is 4.99 Å². The fourth-order valence-corrected chi connectivity index (χ4v) is 2.67. The zero-order valence-corrected chi connectivity index (χ0v) is 12.9. The summed E-state index contributed by atoms with van der Waals surface area (Å²) >= 11 is 8.54. The van der Waals surface area contributed by atoms with Crippen LogP contribution < -0.4 is 11.1 Å². The number of nitrogens with two attached hydrogens (primary N) is 1. The quantitative estimate of drug-likeness (QED) is 0.837. The first-order chi connectivity index (χ1) is 8.42. The molecule has 2 rings (SSSR count). The minimum Gasteiger partial charge on any atom is -0.389 e. The van der Waals surface area contributed by atoms with Crippen LogP contribution in [0.4, 0.5) is 5.69 Å². The molecule has 1 heterocycles. The Kier molecular flexibility index (Phi) is 3.94. The molecule has 0 bridgehead atoms. The van der Waals surface area contributed by atoms with Crippen molar-refractivity contribution in [1.82, 2.24) is 0 Å². The third-order valence-electron chi connectivity index (χ3n) is 3.55. The third-order valence-corrected chi connectivity index (χ3v) is 4.27. The van der Waals surface area contributed by atoms with Gasteiger partial charge >= 0.3 is 0 Å². The van der Waals surface area contributed by atoms with Gasteiger partial charge in [0.25, 0.3) is 0 Å². The molecule has 2 unspecified atom stereocenters. The molecule has 3 N–H and O–H groups in total. The second-order valence-corrected chi connectivity index (χ2v) is 6.22. The summed E-state index contributed by atoms with van der Waals surface area (Å²) in [7, 11) is 0. The van der Waals surface area contributed by atoms with Crippen molar-refractivity contribution in [2.24, 2.45) is 5.73 Å². The van der Waals surface area contributed by atoms with Crippen LogP contribution in [0, 0.1) is 0 Å². The Bertz CT molecular complexity index is 480. The summed E-state index contributed by atoms with van der Waals surface area (Å²) in [4.78, 5) is 0.397. The highest BCUT2D eigenvalue weighted by molar-refractivity contribution is 9.10. The largest absolute Gasteiger partial charge is 0.389 e. The van der Waals surface area contributed by atoms with Gasteiger partial charge < -0.3 is 15.8 Å². The molecular weight excluding hydrogens is 312 g/mol. The fourth-order valence-electron chi connectivity index (χ4n) is 2.14. The zero-order chi connectivity index (χ0) is 13.3. The summed E-state index contributed by atoms with van der Waals surface area (Å²) in [6, 6.07) is 5.91. The maximum absolute atomic E-state index is 5.77. The Morgan fingerprint density at radius 3 is 2.89 bits per heavy atom. The standard InChI is InChI=1S/C13H17BrN2OS/c1-8-13(2,5-6-17-8)16-11-4-3-9(14)7-10(11)12(15)18/h3-4,7-8,16H,5-6H2,1-2H3,(H2,15,18). The number of hydrogen-bond donors (Lipinski definition) is 2. The lowest BCUT2D eigenvalue weighted by Gasteiger charge is -2.31. The van der Waals surface area contributed by atoms with Crippen molar-refractivity contribution in [3.63, 3.8) is 0 Å². The van der Waals surface area contributed by atoms with Crippen molar-refractivity contribution in [1.29, 1.82) is 0 Å². The molecule has 5 heteroatoms. The number of hydrogen-bond acceptors (Lipinski definition) is 3. The first-order valence-corrected chi connectivity index (χ1v) is 7.12. The number of thiocarbonyl (C=S) groups is 1. The van der Waals surface area contributed by atoms with E-state index in [1.807, 2.05) is 18.2 Å². The molecule has 0 saturated carbocycles. The molecule has 1 aromatic rings. The molecular formula is C13H17BrN2OS. The van der Waals surface area contributed by atoms with Gasteiger partial charge in [0, 0.05) is 22.3 Å². The lowest BCUT2D eigenvalue weighted by Crippen LogP contribution is -2.41. The van der Waals surface area contributed by atoms with Crippen LogP contribution in [0.1, 0.15) is 25.8 Å². The maximum Gasteiger partial charge on any atom is 0.106 e. The average Bonchev–Trinajstić information content (AvgIpc) is 2.61. The Labute approximate surface area is 121 Å². The Morgan fingerprint density at radius 1 is 1.61 bits per heavy atom. The molecule has 0 aromatic heterocycles. The van der Waals surface area contributed by atoms with Gasteiger partial charge in [0.2, 0.25) is 0 Å². The molecule has 3 nitrogen and oxygen atoms in total. The van der Waals surface area contributed by atoms with Crippen LogP contribution in [0.15, 0.2) is 22.7 Å². The van der Waals surface area contributed by atoms with Crippen LogP contribution in [-0.4, -0.2) is 23.2 Å². The molecule has 1 saturated heterocycles. The third kappa shape index (κ3) is 2.68. The van der Waals surface area contributed by atoms with Crippen LogP contribution >= 0.6 is 28.1 Å². The first kappa shape index (κ1) is 13.8. The molecule has 18 heavy (non-hydrogen) atoms. The Morgan fingerprint density at radius 2 is 2.33 bits per heavy atom. The lowest BCUT2D eigenvalue weighted by atomic mass is 9.93. The summed E-state index contributed by atoms with van der Waals surface area (Å²) in [5, 5.41) is 3.53. The molecule has 98 valence electrons. The van der Waals surface area contributed by atoms with Gasteiger partial charge in [0.05, 0.1) is 11.6 Å². The highest BCUT2D eigenvalue weighted by atomic mass is 79.9. The Balaban J connectivity index is 2.31. The van der Waals surface area contributed by atoms with Crippen LogP contribution in [0.2, 0.25) is 0 Å². The van der Waals surface area contributed by atoms with Crippen molar-refractivity contribution in [3.05, 3.63) is 28.2 Å². The van der Waals surface area contributed by atoms with Crippen molar-refractivity contribution < 1.29 is 4.74 Å². The molecule has 0 spiro atoms. The predicted octanol–water partition coefficient (Wildman–Crippen LogP) is 3.06. The van der Waals surface area contributed by atoms with Crippen molar-refractivity contribution in [2.45, 2.75) is 31.9 Å². The minimum atomic E-state index is -0.0760. The van der Waals surface area contributed by atoms with Gasteiger partial charge in [-0.1, -0.05) is 28.1 Å². The summed E-state index contributed by atoms with van der Waals surface area (Å²) in [5.74, 6) is 0. The second kappa shape index (κ2) is 5.15. The van der Waals surface area contributed by atoms with Gasteiger partial charge in [-0.15, -0.1) is 0 Å². The molecule has 0 amide bonds. The molecule has 0 aliphatic carbocycles. The fraction of sp³-hybridized carbons (Fsp3) is 0.462. The topological polar surface area (TPSA) is 47.3 Å².